The monoisotopic (exact) mass is 388 g/mol. The summed E-state index contributed by atoms with van der Waals surface area (Å²) in [6, 6.07) is 0. The Kier molecular flexibility index (Phi) is 5.83. The number of carbonyl (C=O) groups excluding carboxylic acids is 1. The van der Waals surface area contributed by atoms with Crippen LogP contribution in [0, 0.1) is 0 Å². The summed E-state index contributed by atoms with van der Waals surface area (Å²) in [5.41, 5.74) is 0. The molecule has 0 N–H and O–H groups in total. The van der Waals surface area contributed by atoms with Crippen molar-refractivity contribution in [1.29, 1.82) is 0 Å². The van der Waals surface area contributed by atoms with Crippen LogP contribution in [0.5, 0.6) is 0 Å². The predicted molar refractivity (Wildman–Crippen MR) is 56.9 cm³/mol. The fraction of sp³-hybridized carbons (Fsp3) is 0.667. The molecule has 70 valence electrons. The van der Waals surface area contributed by atoms with E-state index in [0.717, 1.165) is 0 Å². The molecule has 1 nitrogen and oxygen atoms in total. The van der Waals surface area contributed by atoms with Gasteiger partial charge in [0, 0.05) is 4.79 Å². The molecular formula is C3H5Cl6OSb. The fourth-order valence-electron chi connectivity index (χ4n) is 0. The summed E-state index contributed by atoms with van der Waals surface area (Å²) < 4.78 is 0. The molecule has 0 rings (SSSR count). The minimum atomic E-state index is -5.42. The van der Waals surface area contributed by atoms with Gasteiger partial charge in [0.2, 0.25) is 6.42 Å². The van der Waals surface area contributed by atoms with E-state index in [-0.39, 0.29) is 0 Å². The van der Waals surface area contributed by atoms with Crippen molar-refractivity contribution in [2.45, 2.75) is 13.3 Å². The summed E-state index contributed by atoms with van der Waals surface area (Å²) >= 11 is 0. The van der Waals surface area contributed by atoms with Crippen LogP contribution < -0.4 is 0 Å². The van der Waals surface area contributed by atoms with Crippen LogP contribution in [0.1, 0.15) is 13.3 Å². The topological polar surface area (TPSA) is 17.1 Å². The van der Waals surface area contributed by atoms with Gasteiger partial charge in [-0.1, -0.05) is 0 Å². The van der Waals surface area contributed by atoms with Crippen LogP contribution in [0.25, 0.3) is 0 Å². The summed E-state index contributed by atoms with van der Waals surface area (Å²) in [5.74, 6) is 0. The molecule has 8 heteroatoms. The summed E-state index contributed by atoms with van der Waals surface area (Å²) in [6.45, 7) is 1.76. The van der Waals surface area contributed by atoms with Crippen molar-refractivity contribution in [1.82, 2.24) is 0 Å². The molecule has 0 fully saturated rings. The summed E-state index contributed by atoms with van der Waals surface area (Å²) in [6.07, 6.45) is 2.19. The van der Waals surface area contributed by atoms with Gasteiger partial charge in [-0.2, -0.15) is 0 Å². The molecule has 0 aliphatic heterocycles. The fourth-order valence-corrected chi connectivity index (χ4v) is 0. The van der Waals surface area contributed by atoms with Crippen molar-refractivity contribution in [2.24, 2.45) is 0 Å². The van der Waals surface area contributed by atoms with Crippen molar-refractivity contribution in [2.75, 3.05) is 0 Å². The van der Waals surface area contributed by atoms with Gasteiger partial charge in [-0.05, 0) is 6.92 Å². The zero-order chi connectivity index (χ0) is 9.82. The number of rotatable bonds is 1. The van der Waals surface area contributed by atoms with Gasteiger partial charge in [0.1, 0.15) is 0 Å². The van der Waals surface area contributed by atoms with E-state index in [1.165, 1.54) is 0 Å². The second-order valence-corrected chi connectivity index (χ2v) is 58.4. The van der Waals surface area contributed by atoms with Gasteiger partial charge in [0.25, 0.3) is 0 Å². The van der Waals surface area contributed by atoms with Gasteiger partial charge in [0.15, 0.2) is 0 Å². The van der Waals surface area contributed by atoms with E-state index in [4.69, 9.17) is 57.8 Å². The molecule has 0 aromatic rings. The standard InChI is InChI=1S/C3H5O.6ClH.Sb/c1-2-3-4;;;;;;;/h2H2,1H3;6*1H;/q+1;;;;;;;+5/p-6. The van der Waals surface area contributed by atoms with E-state index in [1.54, 1.807) is 13.2 Å². The number of hydrogen-bond donors (Lipinski definition) is 0. The normalized spacial score (nSPS) is 16.6. The maximum absolute atomic E-state index is 9.05. The van der Waals surface area contributed by atoms with Crippen molar-refractivity contribution in [3.63, 3.8) is 0 Å². The van der Waals surface area contributed by atoms with E-state index < -0.39 is 9.14 Å². The Morgan fingerprint density at radius 1 is 1.09 bits per heavy atom. The Hall–Kier alpha value is 2.14. The first-order chi connectivity index (χ1) is 4.36. The van der Waals surface area contributed by atoms with E-state index >= 15 is 0 Å². The molecule has 0 amide bonds. The summed E-state index contributed by atoms with van der Waals surface area (Å²) in [4.78, 5) is 9.05. The molecule has 0 saturated heterocycles. The van der Waals surface area contributed by atoms with Gasteiger partial charge >= 0.3 is 68.4 Å². The van der Waals surface area contributed by atoms with E-state index in [1.807, 2.05) is 0 Å². The van der Waals surface area contributed by atoms with Gasteiger partial charge in [0.05, 0.1) is 0 Å². The second kappa shape index (κ2) is 4.11. The van der Waals surface area contributed by atoms with Gasteiger partial charge in [-0.15, -0.1) is 0 Å². The van der Waals surface area contributed by atoms with Crippen LogP contribution in [0.15, 0.2) is 0 Å². The maximum atomic E-state index is 9.05. The Bertz CT molecular complexity index is 119. The molecule has 0 heterocycles. The predicted octanol–water partition coefficient (Wildman–Crippen LogP) is 4.26. The van der Waals surface area contributed by atoms with E-state index in [9.17, 15) is 0 Å². The Morgan fingerprint density at radius 2 is 1.18 bits per heavy atom. The Balaban J connectivity index is 0. The third kappa shape index (κ3) is 127. The third-order valence-electron chi connectivity index (χ3n) is 0.144. The van der Waals surface area contributed by atoms with E-state index in [2.05, 4.69) is 0 Å². The molecule has 11 heavy (non-hydrogen) atoms. The summed E-state index contributed by atoms with van der Waals surface area (Å²) in [7, 11) is 25.0. The molecule has 0 bridgehead atoms. The van der Waals surface area contributed by atoms with Crippen LogP contribution >= 0.6 is 53.0 Å². The average Bonchev–Trinajstić information content (AvgIpc) is 1.57. The van der Waals surface area contributed by atoms with Crippen LogP contribution in [0.4, 0.5) is 0 Å². The minimum absolute atomic E-state index is 0.514. The van der Waals surface area contributed by atoms with Crippen LogP contribution in [-0.4, -0.2) is 15.4 Å². The van der Waals surface area contributed by atoms with Crippen molar-refractivity contribution in [3.8, 4) is 0 Å². The van der Waals surface area contributed by atoms with Crippen molar-refractivity contribution in [3.05, 3.63) is 0 Å². The molecule has 0 spiro atoms. The molecular weight excluding hydrogens is 387 g/mol. The second-order valence-electron chi connectivity index (χ2n) is 1.46. The van der Waals surface area contributed by atoms with Gasteiger partial charge in [-0.3, -0.25) is 0 Å². The molecule has 0 aliphatic rings. The Morgan fingerprint density at radius 3 is 1.18 bits per heavy atom. The first kappa shape index (κ1) is 15.6. The van der Waals surface area contributed by atoms with Crippen LogP contribution in [-0.2, 0) is 4.79 Å². The first-order valence-electron chi connectivity index (χ1n) is 2.28. The molecule has 0 aliphatic carbocycles. The third-order valence-corrected chi connectivity index (χ3v) is 0.144. The molecule has 0 atom stereocenters. The summed E-state index contributed by atoms with van der Waals surface area (Å²) in [5, 5.41) is 0. The zero-order valence-corrected chi connectivity index (χ0v) is 12.4. The quantitative estimate of drug-likeness (QED) is 0.482. The molecule has 0 aromatic heterocycles. The number of halogens is 6. The zero-order valence-electron chi connectivity index (χ0n) is 5.33. The van der Waals surface area contributed by atoms with E-state index in [0.29, 0.717) is 6.42 Å². The van der Waals surface area contributed by atoms with Crippen molar-refractivity contribution < 1.29 is 4.79 Å². The number of hydrogen-bond acceptors (Lipinski definition) is 1. The van der Waals surface area contributed by atoms with Crippen LogP contribution in [0.2, 0.25) is 0 Å². The SMILES string of the molecule is CC[C+]=O.[Cl][Sb-]([Cl])([Cl])([Cl])([Cl])[Cl]. The molecule has 0 radical (unpaired) electrons. The first-order valence-corrected chi connectivity index (χ1v) is 21.7. The van der Waals surface area contributed by atoms with Crippen LogP contribution in [0.3, 0.4) is 0 Å². The molecule has 0 saturated carbocycles. The van der Waals surface area contributed by atoms with Gasteiger partial charge < -0.3 is 0 Å². The van der Waals surface area contributed by atoms with Gasteiger partial charge in [-0.25, -0.2) is 0 Å². The molecule has 0 aromatic carbocycles. The van der Waals surface area contributed by atoms with Crippen molar-refractivity contribution >= 4 is 68.4 Å². The molecule has 0 unspecified atom stereocenters. The Labute approximate surface area is 85.4 Å². The average molecular weight is 392 g/mol.